The van der Waals surface area contributed by atoms with E-state index in [9.17, 15) is 44.1 Å². The van der Waals surface area contributed by atoms with Crippen LogP contribution in [0.4, 0.5) is 0 Å². The van der Waals surface area contributed by atoms with Gasteiger partial charge in [-0.2, -0.15) is 0 Å². The summed E-state index contributed by atoms with van der Waals surface area (Å²) >= 11 is 0. The highest BCUT2D eigenvalue weighted by atomic mass is 16.4. The lowest BCUT2D eigenvalue weighted by molar-refractivity contribution is -0.175. The predicted molar refractivity (Wildman–Crippen MR) is 129 cm³/mol. The minimum atomic E-state index is -2.73. The molecular formula is C27H24N2O9. The number of phenols is 1. The number of ketones is 4. The summed E-state index contributed by atoms with van der Waals surface area (Å²) in [7, 11) is 0. The van der Waals surface area contributed by atoms with Crippen LogP contribution in [0.2, 0.25) is 0 Å². The number of nitrogens with two attached hydrogens (primary N) is 2. The molecule has 0 heterocycles. The van der Waals surface area contributed by atoms with Crippen LogP contribution in [0.3, 0.4) is 0 Å². The molecule has 3 aliphatic rings. The fraction of sp³-hybridized carbons (Fsp3) is 0.333. The Kier molecular flexibility index (Phi) is 5.80. The van der Waals surface area contributed by atoms with Gasteiger partial charge in [0.2, 0.25) is 5.91 Å². The summed E-state index contributed by atoms with van der Waals surface area (Å²) in [6.45, 7) is -0.174. The maximum atomic E-state index is 13.8. The lowest BCUT2D eigenvalue weighted by atomic mass is 9.53. The number of fused-ring (bicyclic) bond motifs is 3. The minimum absolute atomic E-state index is 0.000204. The SMILES string of the molecule is NCc1cc(-c2cccc(C(=O)O)c2)c2c(c1O)C(=O)C1C(=O)[C@]3(O)C(=O)C(C(N)=O)C(=O)C[C@@H]3C[C@@H]1C2. The molecule has 7 N–H and O–H groups in total. The second kappa shape index (κ2) is 8.67. The molecule has 2 unspecified atom stereocenters. The number of aromatic carboxylic acids is 1. The van der Waals surface area contributed by atoms with E-state index in [2.05, 4.69) is 0 Å². The highest BCUT2D eigenvalue weighted by Crippen LogP contribution is 2.51. The molecule has 2 saturated carbocycles. The van der Waals surface area contributed by atoms with Gasteiger partial charge in [-0.05, 0) is 53.6 Å². The molecule has 0 aliphatic heterocycles. The standard InChI is InChI=1S/C27H24N2O9/c28-9-13-7-15(10-2-1-3-11(4-10)26(36)37)16-6-12-5-14-8-17(30)20(25(29)35)24(34)27(14,38)23(33)18(12)22(32)19(16)21(13)31/h1-4,7,12,14,18,20,31,38H,5-6,8-9,28H2,(H2,29,35)(H,36,37)/t12-,14+,18?,20?,27+/m1/s1. The van der Waals surface area contributed by atoms with Crippen LogP contribution in [0.25, 0.3) is 11.1 Å². The average molecular weight is 520 g/mol. The quantitative estimate of drug-likeness (QED) is 0.344. The molecule has 2 fully saturated rings. The number of aliphatic hydroxyl groups is 1. The zero-order valence-corrected chi connectivity index (χ0v) is 20.0. The first kappa shape index (κ1) is 25.4. The fourth-order valence-electron chi connectivity index (χ4n) is 6.32. The van der Waals surface area contributed by atoms with E-state index in [0.29, 0.717) is 16.7 Å². The monoisotopic (exact) mass is 520 g/mol. The molecule has 0 aromatic heterocycles. The van der Waals surface area contributed by atoms with E-state index >= 15 is 0 Å². The van der Waals surface area contributed by atoms with Crippen molar-refractivity contribution in [2.45, 2.75) is 31.4 Å². The van der Waals surface area contributed by atoms with Crippen molar-refractivity contribution < 1.29 is 44.1 Å². The van der Waals surface area contributed by atoms with Crippen molar-refractivity contribution in [3.8, 4) is 16.9 Å². The maximum Gasteiger partial charge on any atom is 0.335 e. The summed E-state index contributed by atoms with van der Waals surface area (Å²) in [5, 5.41) is 31.7. The van der Waals surface area contributed by atoms with Gasteiger partial charge in [0.25, 0.3) is 0 Å². The fourth-order valence-corrected chi connectivity index (χ4v) is 6.32. The lowest BCUT2D eigenvalue weighted by Crippen LogP contribution is -2.68. The third kappa shape index (κ3) is 3.42. The molecule has 196 valence electrons. The number of carboxylic acid groups (broad SMARTS) is 1. The number of carboxylic acids is 1. The summed E-state index contributed by atoms with van der Waals surface area (Å²) in [5.41, 5.74) is 9.53. The smallest absolute Gasteiger partial charge is 0.335 e. The molecule has 11 heteroatoms. The molecule has 0 bridgehead atoms. The van der Waals surface area contributed by atoms with Crippen LogP contribution in [0, 0.1) is 23.7 Å². The second-order valence-corrected chi connectivity index (χ2v) is 10.1. The summed E-state index contributed by atoms with van der Waals surface area (Å²) in [5.74, 6) is -12.3. The van der Waals surface area contributed by atoms with E-state index in [1.165, 1.54) is 18.2 Å². The average Bonchev–Trinajstić information content (AvgIpc) is 2.86. The molecule has 0 spiro atoms. The third-order valence-electron chi connectivity index (χ3n) is 8.12. The van der Waals surface area contributed by atoms with Crippen molar-refractivity contribution in [1.29, 1.82) is 0 Å². The molecular weight excluding hydrogens is 496 g/mol. The number of aromatic hydroxyl groups is 1. The first-order chi connectivity index (χ1) is 17.9. The van der Waals surface area contributed by atoms with Crippen LogP contribution in [0.1, 0.15) is 44.7 Å². The van der Waals surface area contributed by atoms with Crippen molar-refractivity contribution >= 4 is 35.0 Å². The summed E-state index contributed by atoms with van der Waals surface area (Å²) in [4.78, 5) is 76.3. The van der Waals surface area contributed by atoms with Crippen LogP contribution in [0.15, 0.2) is 30.3 Å². The molecule has 5 rings (SSSR count). The van der Waals surface area contributed by atoms with Crippen molar-refractivity contribution in [3.05, 3.63) is 52.6 Å². The number of phenolic OH excluding ortho intramolecular Hbond substituents is 1. The van der Waals surface area contributed by atoms with Gasteiger partial charge in [0.15, 0.2) is 34.7 Å². The molecule has 3 aliphatic carbocycles. The second-order valence-electron chi connectivity index (χ2n) is 10.1. The normalized spacial score (nSPS) is 28.4. The van der Waals surface area contributed by atoms with Gasteiger partial charge < -0.3 is 26.8 Å². The summed E-state index contributed by atoms with van der Waals surface area (Å²) in [6, 6.07) is 7.56. The number of Topliss-reactive ketones (excluding diaryl/α,β-unsaturated/α-hetero) is 4. The Balaban J connectivity index is 1.67. The molecule has 11 nitrogen and oxygen atoms in total. The largest absolute Gasteiger partial charge is 0.507 e. The summed E-state index contributed by atoms with van der Waals surface area (Å²) < 4.78 is 0. The van der Waals surface area contributed by atoms with Gasteiger partial charge in [0.1, 0.15) is 5.75 Å². The van der Waals surface area contributed by atoms with Crippen molar-refractivity contribution in [1.82, 2.24) is 0 Å². The number of benzene rings is 2. The molecule has 38 heavy (non-hydrogen) atoms. The Morgan fingerprint density at radius 2 is 1.76 bits per heavy atom. The van der Waals surface area contributed by atoms with Crippen molar-refractivity contribution in [2.24, 2.45) is 35.1 Å². The number of rotatable bonds is 4. The lowest BCUT2D eigenvalue weighted by Gasteiger charge is -2.48. The van der Waals surface area contributed by atoms with Gasteiger partial charge in [-0.15, -0.1) is 0 Å². The molecule has 0 radical (unpaired) electrons. The van der Waals surface area contributed by atoms with Gasteiger partial charge in [0, 0.05) is 24.4 Å². The number of amides is 1. The number of hydrogen-bond acceptors (Lipinski definition) is 9. The maximum absolute atomic E-state index is 13.8. The van der Waals surface area contributed by atoms with E-state index in [1.807, 2.05) is 0 Å². The number of carbonyl (C=O) groups excluding carboxylic acids is 5. The molecule has 5 atom stereocenters. The molecule has 2 aromatic rings. The first-order valence-corrected chi connectivity index (χ1v) is 12.0. The van der Waals surface area contributed by atoms with Gasteiger partial charge in [-0.25, -0.2) is 4.79 Å². The van der Waals surface area contributed by atoms with Crippen LogP contribution < -0.4 is 11.5 Å². The highest BCUT2D eigenvalue weighted by Gasteiger charge is 2.66. The third-order valence-corrected chi connectivity index (χ3v) is 8.12. The number of primary amides is 1. The zero-order chi connectivity index (χ0) is 27.7. The Morgan fingerprint density at radius 1 is 1.05 bits per heavy atom. The topological polar surface area (TPSA) is 215 Å². The Labute approximate surface area is 215 Å². The van der Waals surface area contributed by atoms with Gasteiger partial charge in [0.05, 0.1) is 17.0 Å². The summed E-state index contributed by atoms with van der Waals surface area (Å²) in [6.07, 6.45) is -0.414. The van der Waals surface area contributed by atoms with Crippen LogP contribution >= 0.6 is 0 Å². The van der Waals surface area contributed by atoms with E-state index in [0.717, 1.165) is 0 Å². The number of carbonyl (C=O) groups is 6. The first-order valence-electron chi connectivity index (χ1n) is 12.0. The van der Waals surface area contributed by atoms with E-state index < -0.39 is 76.5 Å². The van der Waals surface area contributed by atoms with E-state index in [1.54, 1.807) is 12.1 Å². The van der Waals surface area contributed by atoms with Gasteiger partial charge >= 0.3 is 5.97 Å². The number of hydrogen-bond donors (Lipinski definition) is 5. The van der Waals surface area contributed by atoms with E-state index in [-0.39, 0.29) is 36.1 Å². The molecule has 2 aromatic carbocycles. The van der Waals surface area contributed by atoms with Crippen molar-refractivity contribution in [3.63, 3.8) is 0 Å². The Bertz CT molecular complexity index is 1480. The Hall–Kier alpha value is -4.22. The van der Waals surface area contributed by atoms with Crippen LogP contribution in [-0.4, -0.2) is 55.9 Å². The predicted octanol–water partition coefficient (Wildman–Crippen LogP) is 0.151. The van der Waals surface area contributed by atoms with Crippen LogP contribution in [-0.2, 0) is 32.1 Å². The van der Waals surface area contributed by atoms with Gasteiger partial charge in [-0.1, -0.05) is 12.1 Å². The van der Waals surface area contributed by atoms with Crippen molar-refractivity contribution in [2.75, 3.05) is 0 Å². The highest BCUT2D eigenvalue weighted by molar-refractivity contribution is 6.31. The zero-order valence-electron chi connectivity index (χ0n) is 20.0. The minimum Gasteiger partial charge on any atom is -0.507 e. The van der Waals surface area contributed by atoms with E-state index in [4.69, 9.17) is 11.5 Å². The Morgan fingerprint density at radius 3 is 2.39 bits per heavy atom. The van der Waals surface area contributed by atoms with Gasteiger partial charge in [-0.3, -0.25) is 24.0 Å². The molecule has 1 amide bonds. The molecule has 0 saturated heterocycles. The van der Waals surface area contributed by atoms with Crippen LogP contribution in [0.5, 0.6) is 5.75 Å².